The summed E-state index contributed by atoms with van der Waals surface area (Å²) in [6, 6.07) is 0. The summed E-state index contributed by atoms with van der Waals surface area (Å²) in [6.07, 6.45) is -0.254. The van der Waals surface area contributed by atoms with Gasteiger partial charge in [-0.25, -0.2) is 9.59 Å². The number of hydrogen-bond acceptors (Lipinski definition) is 6. The van der Waals surface area contributed by atoms with E-state index in [4.69, 9.17) is 9.47 Å². The summed E-state index contributed by atoms with van der Waals surface area (Å²) in [6.45, 7) is 7.00. The monoisotopic (exact) mass is 324 g/mol. The lowest BCUT2D eigenvalue weighted by Gasteiger charge is -2.48. The summed E-state index contributed by atoms with van der Waals surface area (Å²) >= 11 is 0. The summed E-state index contributed by atoms with van der Waals surface area (Å²) < 4.78 is 10.6. The fourth-order valence-corrected chi connectivity index (χ4v) is 4.97. The number of rotatable bonds is 3. The van der Waals surface area contributed by atoms with Crippen LogP contribution in [0.5, 0.6) is 0 Å². The van der Waals surface area contributed by atoms with Crippen molar-refractivity contribution in [3.8, 4) is 0 Å². The van der Waals surface area contributed by atoms with Gasteiger partial charge in [0.25, 0.3) is 0 Å². The van der Waals surface area contributed by atoms with E-state index in [0.717, 1.165) is 6.42 Å². The van der Waals surface area contributed by atoms with Gasteiger partial charge in [0.2, 0.25) is 0 Å². The molecule has 2 saturated carbocycles. The molecule has 0 aromatic heterocycles. The van der Waals surface area contributed by atoms with Crippen LogP contribution >= 0.6 is 0 Å². The zero-order valence-electron chi connectivity index (χ0n) is 14.0. The second kappa shape index (κ2) is 5.05. The Balaban J connectivity index is 2.04. The van der Waals surface area contributed by atoms with Gasteiger partial charge < -0.3 is 19.7 Å². The largest absolute Gasteiger partial charge is 0.463 e. The number of carbonyl (C=O) groups is 2. The van der Waals surface area contributed by atoms with Gasteiger partial charge in [-0.3, -0.25) is 0 Å². The number of hydrogen-bond donors (Lipinski definition) is 2. The molecule has 3 fully saturated rings. The Morgan fingerprint density at radius 1 is 1.39 bits per heavy atom. The van der Waals surface area contributed by atoms with Crippen LogP contribution in [-0.2, 0) is 19.1 Å². The van der Waals surface area contributed by atoms with E-state index in [-0.39, 0.29) is 36.2 Å². The van der Waals surface area contributed by atoms with Crippen LogP contribution in [0.1, 0.15) is 34.1 Å². The molecule has 1 heterocycles. The quantitative estimate of drug-likeness (QED) is 0.589. The molecule has 0 aromatic rings. The number of ether oxygens (including phenoxy) is 2. The molecule has 6 unspecified atom stereocenters. The van der Waals surface area contributed by atoms with Gasteiger partial charge in [0.15, 0.2) is 0 Å². The van der Waals surface area contributed by atoms with Gasteiger partial charge in [0, 0.05) is 29.4 Å². The minimum Gasteiger partial charge on any atom is -0.463 e. The molecule has 6 nitrogen and oxygen atoms in total. The molecule has 0 aromatic carbocycles. The molecule has 1 saturated heterocycles. The summed E-state index contributed by atoms with van der Waals surface area (Å²) in [7, 11) is 0. The molecule has 2 N–H and O–H groups in total. The van der Waals surface area contributed by atoms with E-state index >= 15 is 0 Å². The molecule has 3 rings (SSSR count). The van der Waals surface area contributed by atoms with Crippen molar-refractivity contribution >= 4 is 11.9 Å². The smallest absolute Gasteiger partial charge is 0.337 e. The normalized spacial score (nSPS) is 46.6. The number of aliphatic hydroxyl groups is 2. The van der Waals surface area contributed by atoms with Crippen LogP contribution in [0.3, 0.4) is 0 Å². The maximum atomic E-state index is 12.5. The van der Waals surface area contributed by atoms with Crippen molar-refractivity contribution in [1.82, 2.24) is 0 Å². The molecule has 2 aliphatic carbocycles. The minimum atomic E-state index is -1.14. The zero-order valence-corrected chi connectivity index (χ0v) is 14.0. The first kappa shape index (κ1) is 16.5. The van der Waals surface area contributed by atoms with Crippen molar-refractivity contribution in [2.75, 3.05) is 13.2 Å². The van der Waals surface area contributed by atoms with Crippen LogP contribution in [0.4, 0.5) is 0 Å². The molecule has 128 valence electrons. The van der Waals surface area contributed by atoms with Crippen LogP contribution in [-0.4, -0.2) is 47.1 Å². The fraction of sp³-hybridized carbons (Fsp3) is 0.765. The van der Waals surface area contributed by atoms with E-state index in [9.17, 15) is 19.8 Å². The Kier molecular flexibility index (Phi) is 3.61. The van der Waals surface area contributed by atoms with Gasteiger partial charge in [0.1, 0.15) is 5.60 Å². The number of carbonyl (C=O) groups excluding carboxylic acids is 2. The zero-order chi connectivity index (χ0) is 17.2. The number of esters is 2. The van der Waals surface area contributed by atoms with Gasteiger partial charge in [-0.15, -0.1) is 0 Å². The Labute approximate surface area is 135 Å². The molecule has 6 atom stereocenters. The molecule has 23 heavy (non-hydrogen) atoms. The maximum Gasteiger partial charge on any atom is 0.337 e. The molecule has 0 bridgehead atoms. The lowest BCUT2D eigenvalue weighted by molar-refractivity contribution is -0.186. The summed E-state index contributed by atoms with van der Waals surface area (Å²) in [4.78, 5) is 24.4. The Bertz CT molecular complexity index is 596. The van der Waals surface area contributed by atoms with E-state index in [2.05, 4.69) is 0 Å². The average Bonchev–Trinajstić information content (AvgIpc) is 3.24. The average molecular weight is 324 g/mol. The highest BCUT2D eigenvalue weighted by atomic mass is 16.6. The lowest BCUT2D eigenvalue weighted by Crippen LogP contribution is -2.57. The first-order chi connectivity index (χ1) is 10.7. The van der Waals surface area contributed by atoms with E-state index < -0.39 is 35.0 Å². The summed E-state index contributed by atoms with van der Waals surface area (Å²) in [5, 5.41) is 20.8. The summed E-state index contributed by atoms with van der Waals surface area (Å²) in [5.74, 6) is -1.33. The van der Waals surface area contributed by atoms with Crippen molar-refractivity contribution in [1.29, 1.82) is 0 Å². The maximum absolute atomic E-state index is 12.5. The molecular weight excluding hydrogens is 300 g/mol. The van der Waals surface area contributed by atoms with Crippen LogP contribution < -0.4 is 0 Å². The van der Waals surface area contributed by atoms with E-state index in [1.807, 2.05) is 13.8 Å². The highest BCUT2D eigenvalue weighted by molar-refractivity contribution is 6.01. The van der Waals surface area contributed by atoms with Crippen LogP contribution in [0.2, 0.25) is 0 Å². The third-order valence-electron chi connectivity index (χ3n) is 6.17. The second-order valence-corrected chi connectivity index (χ2v) is 7.37. The van der Waals surface area contributed by atoms with Crippen LogP contribution in [0.25, 0.3) is 0 Å². The Hall–Kier alpha value is -1.40. The van der Waals surface area contributed by atoms with Gasteiger partial charge in [-0.1, -0.05) is 6.92 Å². The lowest BCUT2D eigenvalue weighted by atomic mass is 9.65. The molecule has 0 radical (unpaired) electrons. The molecule has 6 heteroatoms. The Morgan fingerprint density at radius 2 is 2.04 bits per heavy atom. The van der Waals surface area contributed by atoms with Crippen LogP contribution in [0, 0.1) is 23.2 Å². The Morgan fingerprint density at radius 3 is 2.61 bits per heavy atom. The molecule has 0 amide bonds. The number of fused-ring (bicyclic) bond motifs is 3. The minimum absolute atomic E-state index is 0.0353. The molecule has 0 spiro atoms. The number of aliphatic hydroxyl groups excluding tert-OH is 2. The first-order valence-electron chi connectivity index (χ1n) is 8.12. The van der Waals surface area contributed by atoms with Crippen LogP contribution in [0.15, 0.2) is 11.1 Å². The predicted octanol–water partition coefficient (Wildman–Crippen LogP) is 0.807. The highest BCUT2D eigenvalue weighted by Gasteiger charge is 2.76. The SMILES string of the molecule is CCOC(=O)C(C)=C1C(=O)OC2(C)C3CC3C(C)(CO)C2C1O. The highest BCUT2D eigenvalue weighted by Crippen LogP contribution is 2.72. The van der Waals surface area contributed by atoms with Crippen molar-refractivity contribution in [3.05, 3.63) is 11.1 Å². The third-order valence-corrected chi connectivity index (χ3v) is 6.17. The molecular formula is C17H24O6. The first-order valence-corrected chi connectivity index (χ1v) is 8.12. The van der Waals surface area contributed by atoms with Gasteiger partial charge >= 0.3 is 11.9 Å². The van der Waals surface area contributed by atoms with E-state index in [1.54, 1.807) is 6.92 Å². The van der Waals surface area contributed by atoms with Gasteiger partial charge in [-0.05, 0) is 33.1 Å². The van der Waals surface area contributed by atoms with Crippen molar-refractivity contribution in [2.24, 2.45) is 23.2 Å². The molecule has 3 aliphatic rings. The van der Waals surface area contributed by atoms with E-state index in [0.29, 0.717) is 0 Å². The van der Waals surface area contributed by atoms with Crippen molar-refractivity contribution < 1.29 is 29.3 Å². The topological polar surface area (TPSA) is 93.1 Å². The standard InChI is InChI=1S/C17H24O6/c1-5-22-14(20)8(2)11-12(19)13-16(3,7-18)9-6-10(9)17(13,4)23-15(11)21/h9-10,12-13,18-19H,5-7H2,1-4H3. The fourth-order valence-electron chi connectivity index (χ4n) is 4.97. The van der Waals surface area contributed by atoms with Crippen molar-refractivity contribution in [2.45, 2.75) is 45.8 Å². The van der Waals surface area contributed by atoms with Gasteiger partial charge in [0.05, 0.1) is 18.3 Å². The predicted molar refractivity (Wildman–Crippen MR) is 80.1 cm³/mol. The molecule has 1 aliphatic heterocycles. The summed E-state index contributed by atoms with van der Waals surface area (Å²) in [5.41, 5.74) is -1.28. The second-order valence-electron chi connectivity index (χ2n) is 7.37. The van der Waals surface area contributed by atoms with Crippen molar-refractivity contribution in [3.63, 3.8) is 0 Å². The van der Waals surface area contributed by atoms with Gasteiger partial charge in [-0.2, -0.15) is 0 Å². The van der Waals surface area contributed by atoms with E-state index in [1.165, 1.54) is 6.92 Å². The third kappa shape index (κ3) is 2.01.